The standard InChI is InChI=1S/C17H15N3/c1-20(15-7-3-2-4-8-15)19-13-14-11-12-18-17-10-6-5-9-16(14)17/h2-13H,1H3/b19-13+. The van der Waals surface area contributed by atoms with Crippen LogP contribution in [0.2, 0.25) is 0 Å². The van der Waals surface area contributed by atoms with E-state index in [1.807, 2.05) is 79.1 Å². The topological polar surface area (TPSA) is 28.5 Å². The summed E-state index contributed by atoms with van der Waals surface area (Å²) in [5.74, 6) is 0. The third-order valence-electron chi connectivity index (χ3n) is 3.18. The number of hydrazone groups is 1. The van der Waals surface area contributed by atoms with Gasteiger partial charge in [-0.15, -0.1) is 0 Å². The van der Waals surface area contributed by atoms with Gasteiger partial charge in [-0.05, 0) is 24.3 Å². The molecule has 2 aromatic carbocycles. The van der Waals surface area contributed by atoms with Gasteiger partial charge >= 0.3 is 0 Å². The monoisotopic (exact) mass is 261 g/mol. The number of pyridine rings is 1. The van der Waals surface area contributed by atoms with Crippen molar-refractivity contribution in [1.29, 1.82) is 0 Å². The van der Waals surface area contributed by atoms with Crippen molar-refractivity contribution >= 4 is 22.8 Å². The molecule has 0 atom stereocenters. The molecule has 0 unspecified atom stereocenters. The largest absolute Gasteiger partial charge is 0.269 e. The van der Waals surface area contributed by atoms with E-state index in [2.05, 4.69) is 16.2 Å². The van der Waals surface area contributed by atoms with Gasteiger partial charge in [0.25, 0.3) is 0 Å². The third kappa shape index (κ3) is 2.52. The van der Waals surface area contributed by atoms with Crippen LogP contribution >= 0.6 is 0 Å². The molecular weight excluding hydrogens is 246 g/mol. The highest BCUT2D eigenvalue weighted by Crippen LogP contribution is 2.15. The Morgan fingerprint density at radius 3 is 2.55 bits per heavy atom. The number of aromatic nitrogens is 1. The van der Waals surface area contributed by atoms with Gasteiger partial charge in [0.05, 0.1) is 17.4 Å². The van der Waals surface area contributed by atoms with Crippen molar-refractivity contribution < 1.29 is 0 Å². The molecule has 0 aliphatic carbocycles. The molecule has 0 spiro atoms. The van der Waals surface area contributed by atoms with Crippen LogP contribution in [0.4, 0.5) is 5.69 Å². The molecule has 3 nitrogen and oxygen atoms in total. The van der Waals surface area contributed by atoms with Crippen molar-refractivity contribution in [3.8, 4) is 0 Å². The lowest BCUT2D eigenvalue weighted by atomic mass is 10.1. The zero-order valence-corrected chi connectivity index (χ0v) is 11.3. The Bertz CT molecular complexity index is 730. The highest BCUT2D eigenvalue weighted by Gasteiger charge is 2.00. The summed E-state index contributed by atoms with van der Waals surface area (Å²) in [4.78, 5) is 4.35. The summed E-state index contributed by atoms with van der Waals surface area (Å²) in [6.45, 7) is 0. The summed E-state index contributed by atoms with van der Waals surface area (Å²) in [5, 5.41) is 7.46. The fraction of sp³-hybridized carbons (Fsp3) is 0.0588. The Balaban J connectivity index is 1.91. The van der Waals surface area contributed by atoms with Gasteiger partial charge in [-0.2, -0.15) is 5.10 Å². The van der Waals surface area contributed by atoms with Gasteiger partial charge in [0, 0.05) is 24.2 Å². The quantitative estimate of drug-likeness (QED) is 0.531. The van der Waals surface area contributed by atoms with Crippen LogP contribution in [0.5, 0.6) is 0 Å². The highest BCUT2D eigenvalue weighted by atomic mass is 15.4. The van der Waals surface area contributed by atoms with Crippen LogP contribution in [0.15, 0.2) is 72.0 Å². The minimum Gasteiger partial charge on any atom is -0.269 e. The van der Waals surface area contributed by atoms with Gasteiger partial charge < -0.3 is 0 Å². The number of hydrogen-bond acceptors (Lipinski definition) is 3. The van der Waals surface area contributed by atoms with Crippen LogP contribution in [-0.4, -0.2) is 18.2 Å². The lowest BCUT2D eigenvalue weighted by molar-refractivity contribution is 1.02. The van der Waals surface area contributed by atoms with E-state index in [1.165, 1.54) is 0 Å². The molecule has 3 rings (SSSR count). The van der Waals surface area contributed by atoms with Crippen molar-refractivity contribution in [1.82, 2.24) is 4.98 Å². The Hall–Kier alpha value is -2.68. The number of para-hydroxylation sites is 2. The van der Waals surface area contributed by atoms with Crippen molar-refractivity contribution in [2.24, 2.45) is 5.10 Å². The fourth-order valence-corrected chi connectivity index (χ4v) is 2.09. The van der Waals surface area contributed by atoms with Crippen LogP contribution in [0.3, 0.4) is 0 Å². The first kappa shape index (κ1) is 12.4. The van der Waals surface area contributed by atoms with E-state index in [4.69, 9.17) is 0 Å². The van der Waals surface area contributed by atoms with E-state index in [0.29, 0.717) is 0 Å². The van der Waals surface area contributed by atoms with E-state index in [9.17, 15) is 0 Å². The van der Waals surface area contributed by atoms with Crippen molar-refractivity contribution in [3.63, 3.8) is 0 Å². The Morgan fingerprint density at radius 1 is 0.950 bits per heavy atom. The van der Waals surface area contributed by atoms with Gasteiger partial charge in [-0.3, -0.25) is 9.99 Å². The molecule has 3 heteroatoms. The summed E-state index contributed by atoms with van der Waals surface area (Å²) >= 11 is 0. The van der Waals surface area contributed by atoms with Gasteiger partial charge in [0.2, 0.25) is 0 Å². The zero-order valence-electron chi connectivity index (χ0n) is 11.3. The van der Waals surface area contributed by atoms with Gasteiger partial charge in [0.15, 0.2) is 0 Å². The van der Waals surface area contributed by atoms with Gasteiger partial charge in [-0.1, -0.05) is 36.4 Å². The maximum Gasteiger partial charge on any atom is 0.0708 e. The first-order valence-electron chi connectivity index (χ1n) is 6.51. The van der Waals surface area contributed by atoms with Crippen LogP contribution in [0.1, 0.15) is 5.56 Å². The second-order valence-electron chi connectivity index (χ2n) is 4.52. The molecule has 0 N–H and O–H groups in total. The van der Waals surface area contributed by atoms with Crippen molar-refractivity contribution in [2.75, 3.05) is 12.1 Å². The molecule has 0 saturated heterocycles. The number of rotatable bonds is 3. The predicted octanol–water partition coefficient (Wildman–Crippen LogP) is 3.71. The summed E-state index contributed by atoms with van der Waals surface area (Å²) in [6, 6.07) is 20.1. The number of hydrogen-bond donors (Lipinski definition) is 0. The zero-order chi connectivity index (χ0) is 13.8. The number of benzene rings is 2. The van der Waals surface area contributed by atoms with Gasteiger partial charge in [-0.25, -0.2) is 0 Å². The minimum absolute atomic E-state index is 0.985. The summed E-state index contributed by atoms with van der Waals surface area (Å²) in [6.07, 6.45) is 3.68. The predicted molar refractivity (Wildman–Crippen MR) is 84.2 cm³/mol. The lowest BCUT2D eigenvalue weighted by Gasteiger charge is -2.12. The SMILES string of the molecule is CN(/N=C/c1ccnc2ccccc12)c1ccccc1. The molecule has 0 radical (unpaired) electrons. The van der Waals surface area contributed by atoms with E-state index < -0.39 is 0 Å². The van der Waals surface area contributed by atoms with E-state index in [0.717, 1.165) is 22.2 Å². The molecule has 0 fully saturated rings. The molecule has 0 saturated carbocycles. The summed E-state index contributed by atoms with van der Waals surface area (Å²) in [5.41, 5.74) is 3.11. The molecule has 3 aromatic rings. The average Bonchev–Trinajstić information content (AvgIpc) is 2.53. The number of anilines is 1. The van der Waals surface area contributed by atoms with Crippen molar-refractivity contribution in [2.45, 2.75) is 0 Å². The second kappa shape index (κ2) is 5.53. The average molecular weight is 261 g/mol. The second-order valence-corrected chi connectivity index (χ2v) is 4.52. The fourth-order valence-electron chi connectivity index (χ4n) is 2.09. The molecular formula is C17H15N3. The molecule has 0 aliphatic rings. The van der Waals surface area contributed by atoms with Crippen LogP contribution < -0.4 is 5.01 Å². The molecule has 1 heterocycles. The Kier molecular flexibility index (Phi) is 3.42. The summed E-state index contributed by atoms with van der Waals surface area (Å²) < 4.78 is 0. The van der Waals surface area contributed by atoms with E-state index >= 15 is 0 Å². The molecule has 1 aromatic heterocycles. The van der Waals surface area contributed by atoms with E-state index in [1.54, 1.807) is 0 Å². The van der Waals surface area contributed by atoms with Crippen molar-refractivity contribution in [3.05, 3.63) is 72.4 Å². The maximum atomic E-state index is 4.50. The smallest absolute Gasteiger partial charge is 0.0708 e. The van der Waals surface area contributed by atoms with Crippen LogP contribution in [0.25, 0.3) is 10.9 Å². The van der Waals surface area contributed by atoms with Crippen LogP contribution in [-0.2, 0) is 0 Å². The Labute approximate surface area is 118 Å². The molecule has 98 valence electrons. The van der Waals surface area contributed by atoms with E-state index in [-0.39, 0.29) is 0 Å². The third-order valence-corrected chi connectivity index (χ3v) is 3.18. The molecule has 20 heavy (non-hydrogen) atoms. The summed E-state index contributed by atoms with van der Waals surface area (Å²) in [7, 11) is 1.94. The molecule has 0 amide bonds. The first-order valence-corrected chi connectivity index (χ1v) is 6.51. The first-order chi connectivity index (χ1) is 9.84. The normalized spacial score (nSPS) is 11.1. The maximum absolute atomic E-state index is 4.50. The van der Waals surface area contributed by atoms with Crippen LogP contribution in [0, 0.1) is 0 Å². The van der Waals surface area contributed by atoms with Gasteiger partial charge in [0.1, 0.15) is 0 Å². The Morgan fingerprint density at radius 2 is 1.70 bits per heavy atom. The minimum atomic E-state index is 0.985. The molecule has 0 bridgehead atoms. The highest BCUT2D eigenvalue weighted by molar-refractivity contribution is 5.98. The lowest BCUT2D eigenvalue weighted by Crippen LogP contribution is -2.08. The number of nitrogens with zero attached hydrogens (tertiary/aromatic N) is 3. The molecule has 0 aliphatic heterocycles. The number of fused-ring (bicyclic) bond motifs is 1.